The Bertz CT molecular complexity index is 925. The Hall–Kier alpha value is -3.09. The third-order valence-electron chi connectivity index (χ3n) is 4.59. The van der Waals surface area contributed by atoms with Gasteiger partial charge in [0.15, 0.2) is 5.11 Å². The minimum atomic E-state index is 0.542. The molecular weight excluding hydrogens is 382 g/mol. The van der Waals surface area contributed by atoms with Gasteiger partial charge in [-0.15, -0.1) is 0 Å². The Morgan fingerprint density at radius 1 is 0.759 bits per heavy atom. The highest BCUT2D eigenvalue weighted by Gasteiger charge is 2.10. The van der Waals surface area contributed by atoms with Gasteiger partial charge < -0.3 is 25.0 Å². The molecule has 5 nitrogen and oxygen atoms in total. The van der Waals surface area contributed by atoms with E-state index in [0.717, 1.165) is 49.2 Å². The highest BCUT2D eigenvalue weighted by Crippen LogP contribution is 2.23. The zero-order valence-electron chi connectivity index (χ0n) is 16.0. The number of para-hydroxylation sites is 1. The predicted octanol–water partition coefficient (Wildman–Crippen LogP) is 5.12. The van der Waals surface area contributed by atoms with E-state index in [4.69, 9.17) is 21.7 Å². The zero-order valence-corrected chi connectivity index (χ0v) is 16.8. The average Bonchev–Trinajstić information content (AvgIpc) is 2.77. The van der Waals surface area contributed by atoms with Crippen LogP contribution < -0.4 is 20.3 Å². The Kier molecular flexibility index (Phi) is 6.24. The predicted molar refractivity (Wildman–Crippen MR) is 122 cm³/mol. The van der Waals surface area contributed by atoms with Crippen LogP contribution in [0.15, 0.2) is 78.9 Å². The van der Waals surface area contributed by atoms with Crippen molar-refractivity contribution in [2.24, 2.45) is 0 Å². The second-order valence-corrected chi connectivity index (χ2v) is 7.07. The van der Waals surface area contributed by atoms with Crippen molar-refractivity contribution in [3.8, 4) is 11.5 Å². The number of benzene rings is 3. The summed E-state index contributed by atoms with van der Waals surface area (Å²) in [5.41, 5.74) is 3.04. The van der Waals surface area contributed by atoms with E-state index in [0.29, 0.717) is 5.11 Å². The van der Waals surface area contributed by atoms with Crippen molar-refractivity contribution >= 4 is 34.4 Å². The molecule has 2 N–H and O–H groups in total. The first-order valence-electron chi connectivity index (χ1n) is 9.60. The summed E-state index contributed by atoms with van der Waals surface area (Å²) in [5, 5.41) is 6.96. The molecule has 0 radical (unpaired) electrons. The van der Waals surface area contributed by atoms with Crippen LogP contribution in [0.2, 0.25) is 0 Å². The van der Waals surface area contributed by atoms with Crippen LogP contribution in [-0.4, -0.2) is 31.4 Å². The summed E-state index contributed by atoms with van der Waals surface area (Å²) in [6.45, 7) is 3.42. The van der Waals surface area contributed by atoms with Gasteiger partial charge in [-0.25, -0.2) is 0 Å². The van der Waals surface area contributed by atoms with Crippen molar-refractivity contribution in [2.45, 2.75) is 0 Å². The fourth-order valence-corrected chi connectivity index (χ4v) is 3.34. The molecule has 6 heteroatoms. The number of ether oxygens (including phenoxy) is 2. The molecule has 0 unspecified atom stereocenters. The fraction of sp³-hybridized carbons (Fsp3) is 0.174. The number of nitrogens with zero attached hydrogens (tertiary/aromatic N) is 1. The topological polar surface area (TPSA) is 45.8 Å². The van der Waals surface area contributed by atoms with Gasteiger partial charge in [-0.1, -0.05) is 18.2 Å². The number of thiocarbonyl (C=S) groups is 1. The van der Waals surface area contributed by atoms with Gasteiger partial charge in [0.2, 0.25) is 0 Å². The molecule has 0 aromatic heterocycles. The first kappa shape index (κ1) is 19.2. The summed E-state index contributed by atoms with van der Waals surface area (Å²) in [4.78, 5) is 2.32. The van der Waals surface area contributed by atoms with Crippen molar-refractivity contribution in [1.82, 2.24) is 0 Å². The maximum absolute atomic E-state index is 5.81. The van der Waals surface area contributed by atoms with Gasteiger partial charge in [0.1, 0.15) is 11.5 Å². The lowest BCUT2D eigenvalue weighted by atomic mass is 10.2. The van der Waals surface area contributed by atoms with Gasteiger partial charge in [0.25, 0.3) is 0 Å². The third-order valence-corrected chi connectivity index (χ3v) is 4.80. The van der Waals surface area contributed by atoms with Crippen LogP contribution in [0.4, 0.5) is 17.1 Å². The first-order chi connectivity index (χ1) is 14.3. The molecule has 29 heavy (non-hydrogen) atoms. The van der Waals surface area contributed by atoms with Gasteiger partial charge in [-0.05, 0) is 72.9 Å². The van der Waals surface area contributed by atoms with E-state index in [2.05, 4.69) is 27.7 Å². The largest absolute Gasteiger partial charge is 0.457 e. The van der Waals surface area contributed by atoms with Gasteiger partial charge in [0, 0.05) is 30.2 Å². The van der Waals surface area contributed by atoms with Crippen molar-refractivity contribution < 1.29 is 9.47 Å². The van der Waals surface area contributed by atoms with Gasteiger partial charge in [-0.3, -0.25) is 0 Å². The van der Waals surface area contributed by atoms with Crippen molar-refractivity contribution in [3.05, 3.63) is 78.9 Å². The summed E-state index contributed by atoms with van der Waals surface area (Å²) in [7, 11) is 0. The molecule has 1 aliphatic heterocycles. The minimum absolute atomic E-state index is 0.542. The quantitative estimate of drug-likeness (QED) is 0.574. The smallest absolute Gasteiger partial charge is 0.175 e. The molecule has 0 saturated carbocycles. The SMILES string of the molecule is S=C(Nc1ccc(Oc2ccccc2)cc1)Nc1ccc(N2CCOCC2)cc1. The van der Waals surface area contributed by atoms with E-state index in [1.807, 2.05) is 66.7 Å². The summed E-state index contributed by atoms with van der Waals surface area (Å²) in [5.74, 6) is 1.59. The summed E-state index contributed by atoms with van der Waals surface area (Å²) < 4.78 is 11.2. The molecule has 0 aliphatic carbocycles. The number of anilines is 3. The van der Waals surface area contributed by atoms with Gasteiger partial charge in [-0.2, -0.15) is 0 Å². The van der Waals surface area contributed by atoms with Gasteiger partial charge >= 0.3 is 0 Å². The normalized spacial score (nSPS) is 13.6. The molecule has 3 aromatic rings. The third kappa shape index (κ3) is 5.47. The van der Waals surface area contributed by atoms with E-state index < -0.39 is 0 Å². The van der Waals surface area contributed by atoms with Crippen LogP contribution >= 0.6 is 12.2 Å². The van der Waals surface area contributed by atoms with Crippen LogP contribution in [-0.2, 0) is 4.74 Å². The van der Waals surface area contributed by atoms with Crippen LogP contribution in [0.25, 0.3) is 0 Å². The maximum atomic E-state index is 5.81. The number of morpholine rings is 1. The lowest BCUT2D eigenvalue weighted by Crippen LogP contribution is -2.36. The van der Waals surface area contributed by atoms with Crippen LogP contribution in [0.5, 0.6) is 11.5 Å². The molecular formula is C23H23N3O2S. The standard InChI is InChI=1S/C23H23N3O2S/c29-23(24-18-6-10-20(11-7-18)26-14-16-27-17-15-26)25-19-8-12-22(13-9-19)28-21-4-2-1-3-5-21/h1-13H,14-17H2,(H2,24,25,29). The van der Waals surface area contributed by atoms with E-state index in [1.54, 1.807) is 0 Å². The molecule has 0 amide bonds. The molecule has 0 atom stereocenters. The Labute approximate surface area is 176 Å². The molecule has 1 heterocycles. The second-order valence-electron chi connectivity index (χ2n) is 6.66. The average molecular weight is 406 g/mol. The Morgan fingerprint density at radius 3 is 1.93 bits per heavy atom. The molecule has 148 valence electrons. The zero-order chi connectivity index (χ0) is 19.9. The molecule has 3 aromatic carbocycles. The van der Waals surface area contributed by atoms with E-state index in [-0.39, 0.29) is 0 Å². The Morgan fingerprint density at radius 2 is 1.31 bits per heavy atom. The number of hydrogen-bond donors (Lipinski definition) is 2. The van der Waals surface area contributed by atoms with E-state index in [9.17, 15) is 0 Å². The molecule has 1 saturated heterocycles. The fourth-order valence-electron chi connectivity index (χ4n) is 3.10. The Balaban J connectivity index is 1.30. The molecule has 1 aliphatic rings. The van der Waals surface area contributed by atoms with Crippen molar-refractivity contribution in [2.75, 3.05) is 41.8 Å². The van der Waals surface area contributed by atoms with Crippen LogP contribution in [0, 0.1) is 0 Å². The molecule has 0 spiro atoms. The monoisotopic (exact) mass is 405 g/mol. The summed E-state index contributed by atoms with van der Waals surface area (Å²) in [6, 6.07) is 25.7. The highest BCUT2D eigenvalue weighted by atomic mass is 32.1. The van der Waals surface area contributed by atoms with Gasteiger partial charge in [0.05, 0.1) is 13.2 Å². The first-order valence-corrected chi connectivity index (χ1v) is 10.0. The number of rotatable bonds is 5. The van der Waals surface area contributed by atoms with Crippen LogP contribution in [0.1, 0.15) is 0 Å². The van der Waals surface area contributed by atoms with Crippen molar-refractivity contribution in [3.63, 3.8) is 0 Å². The lowest BCUT2D eigenvalue weighted by Gasteiger charge is -2.29. The molecule has 0 bridgehead atoms. The van der Waals surface area contributed by atoms with Crippen LogP contribution in [0.3, 0.4) is 0 Å². The number of hydrogen-bond acceptors (Lipinski definition) is 4. The number of nitrogens with one attached hydrogen (secondary N) is 2. The van der Waals surface area contributed by atoms with Crippen molar-refractivity contribution in [1.29, 1.82) is 0 Å². The lowest BCUT2D eigenvalue weighted by molar-refractivity contribution is 0.122. The molecule has 1 fully saturated rings. The maximum Gasteiger partial charge on any atom is 0.175 e. The summed E-state index contributed by atoms with van der Waals surface area (Å²) >= 11 is 5.43. The van der Waals surface area contributed by atoms with E-state index in [1.165, 1.54) is 5.69 Å². The summed E-state index contributed by atoms with van der Waals surface area (Å²) in [6.07, 6.45) is 0. The highest BCUT2D eigenvalue weighted by molar-refractivity contribution is 7.80. The molecule has 4 rings (SSSR count). The van der Waals surface area contributed by atoms with E-state index >= 15 is 0 Å². The second kappa shape index (κ2) is 9.41. The minimum Gasteiger partial charge on any atom is -0.457 e.